The smallest absolute Gasteiger partial charge is 0.408 e. The average molecular weight is 339 g/mol. The minimum atomic E-state index is -0.758. The van der Waals surface area contributed by atoms with Crippen LogP contribution in [0.15, 0.2) is 54.6 Å². The molecule has 0 unspecified atom stereocenters. The second kappa shape index (κ2) is 8.33. The van der Waals surface area contributed by atoms with Crippen molar-refractivity contribution in [2.45, 2.75) is 38.8 Å². The number of carbonyl (C=O) groups excluding carboxylic acids is 2. The Kier molecular flexibility index (Phi) is 6.17. The van der Waals surface area contributed by atoms with Gasteiger partial charge in [0, 0.05) is 18.2 Å². The van der Waals surface area contributed by atoms with Gasteiger partial charge in [0.25, 0.3) is 0 Å². The fourth-order valence-electron chi connectivity index (χ4n) is 2.20. The fourth-order valence-corrected chi connectivity index (χ4v) is 2.20. The van der Waals surface area contributed by atoms with Gasteiger partial charge in [0.05, 0.1) is 0 Å². The minimum absolute atomic E-state index is 0.322. The van der Waals surface area contributed by atoms with Crippen LogP contribution in [-0.2, 0) is 16.0 Å². The Bertz CT molecular complexity index is 694. The fraction of sp³-hybridized carbons (Fsp3) is 0.300. The summed E-state index contributed by atoms with van der Waals surface area (Å²) < 4.78 is 5.27. The van der Waals surface area contributed by atoms with Gasteiger partial charge in [-0.1, -0.05) is 48.5 Å². The Morgan fingerprint density at radius 2 is 1.76 bits per heavy atom. The summed E-state index contributed by atoms with van der Waals surface area (Å²) in [4.78, 5) is 24.7. The molecule has 2 amide bonds. The second-order valence-corrected chi connectivity index (χ2v) is 6.65. The van der Waals surface area contributed by atoms with Crippen molar-refractivity contribution < 1.29 is 14.3 Å². The van der Waals surface area contributed by atoms with E-state index in [4.69, 9.17) is 4.74 Å². The topological polar surface area (TPSA) is 67.4 Å². The molecule has 0 spiro atoms. The first kappa shape index (κ1) is 18.5. The van der Waals surface area contributed by atoms with Gasteiger partial charge >= 0.3 is 6.09 Å². The largest absolute Gasteiger partial charge is 0.444 e. The van der Waals surface area contributed by atoms with Crippen molar-refractivity contribution in [2.75, 3.05) is 5.32 Å². The number of carbonyl (C=O) groups is 2. The van der Waals surface area contributed by atoms with E-state index in [-0.39, 0.29) is 5.91 Å². The van der Waals surface area contributed by atoms with E-state index in [1.165, 1.54) is 0 Å². The zero-order valence-corrected chi connectivity index (χ0v) is 14.7. The molecule has 25 heavy (non-hydrogen) atoms. The zero-order chi connectivity index (χ0) is 18.3. The first-order valence-electron chi connectivity index (χ1n) is 8.14. The molecular formula is C20H23N2O3. The Morgan fingerprint density at radius 3 is 2.36 bits per heavy atom. The highest BCUT2D eigenvalue weighted by Crippen LogP contribution is 2.11. The first-order valence-corrected chi connectivity index (χ1v) is 8.14. The SMILES string of the molecule is CC(C)(C)OC(=O)N[C@H](Cc1ccccc1)C(=O)Nc1[c]cccc1. The molecule has 0 heterocycles. The van der Waals surface area contributed by atoms with Gasteiger partial charge in [-0.05, 0) is 32.4 Å². The van der Waals surface area contributed by atoms with Crippen molar-refractivity contribution in [3.05, 3.63) is 66.2 Å². The summed E-state index contributed by atoms with van der Waals surface area (Å²) in [6.45, 7) is 5.33. The number of para-hydroxylation sites is 1. The molecule has 1 atom stereocenters. The van der Waals surface area contributed by atoms with Crippen molar-refractivity contribution in [2.24, 2.45) is 0 Å². The Labute approximate surface area is 148 Å². The van der Waals surface area contributed by atoms with E-state index in [0.717, 1.165) is 5.56 Å². The van der Waals surface area contributed by atoms with Crippen LogP contribution >= 0.6 is 0 Å². The van der Waals surface area contributed by atoms with E-state index in [1.807, 2.05) is 36.4 Å². The van der Waals surface area contributed by atoms with Crippen LogP contribution in [0.5, 0.6) is 0 Å². The Morgan fingerprint density at radius 1 is 1.08 bits per heavy atom. The van der Waals surface area contributed by atoms with Gasteiger partial charge in [-0.25, -0.2) is 4.79 Å². The van der Waals surface area contributed by atoms with E-state index in [2.05, 4.69) is 16.7 Å². The normalized spacial score (nSPS) is 12.1. The van der Waals surface area contributed by atoms with Gasteiger partial charge in [-0.15, -0.1) is 0 Å². The van der Waals surface area contributed by atoms with Crippen LogP contribution in [0, 0.1) is 6.07 Å². The highest BCUT2D eigenvalue weighted by molar-refractivity contribution is 5.96. The van der Waals surface area contributed by atoms with Crippen LogP contribution in [0.25, 0.3) is 0 Å². The molecule has 131 valence electrons. The predicted molar refractivity (Wildman–Crippen MR) is 97.2 cm³/mol. The van der Waals surface area contributed by atoms with Gasteiger partial charge in [0.2, 0.25) is 5.91 Å². The molecule has 0 aliphatic heterocycles. The van der Waals surface area contributed by atoms with Crippen molar-refractivity contribution in [1.82, 2.24) is 5.32 Å². The third-order valence-corrected chi connectivity index (χ3v) is 3.26. The van der Waals surface area contributed by atoms with Gasteiger partial charge in [0.15, 0.2) is 0 Å². The number of rotatable bonds is 5. The molecule has 2 rings (SSSR count). The molecular weight excluding hydrogens is 316 g/mol. The highest BCUT2D eigenvalue weighted by Gasteiger charge is 2.24. The summed E-state index contributed by atoms with van der Waals surface area (Å²) in [6.07, 6.45) is -0.265. The molecule has 2 aromatic carbocycles. The highest BCUT2D eigenvalue weighted by atomic mass is 16.6. The van der Waals surface area contributed by atoms with E-state index >= 15 is 0 Å². The van der Waals surface area contributed by atoms with Gasteiger partial charge in [0.1, 0.15) is 11.6 Å². The number of benzene rings is 2. The standard InChI is InChI=1S/C20H23N2O3/c1-20(2,3)25-19(24)22-17(14-15-10-6-4-7-11-15)18(23)21-16-12-8-5-9-13-16/h4-12,17H,14H2,1-3H3,(H,21,23)(H,22,24)/t17-/m1/s1. The molecule has 0 aliphatic carbocycles. The molecule has 0 saturated heterocycles. The van der Waals surface area contributed by atoms with Crippen molar-refractivity contribution in [1.29, 1.82) is 0 Å². The van der Waals surface area contributed by atoms with E-state index in [1.54, 1.807) is 39.0 Å². The number of ether oxygens (including phenoxy) is 1. The van der Waals surface area contributed by atoms with Crippen molar-refractivity contribution in [3.63, 3.8) is 0 Å². The molecule has 0 aliphatic rings. The lowest BCUT2D eigenvalue weighted by molar-refractivity contribution is -0.118. The zero-order valence-electron chi connectivity index (χ0n) is 14.7. The number of alkyl carbamates (subject to hydrolysis) is 1. The van der Waals surface area contributed by atoms with E-state index < -0.39 is 17.7 Å². The van der Waals surface area contributed by atoms with E-state index in [9.17, 15) is 9.59 Å². The minimum Gasteiger partial charge on any atom is -0.444 e. The summed E-state index contributed by atoms with van der Waals surface area (Å²) >= 11 is 0. The third kappa shape index (κ3) is 6.67. The molecule has 5 nitrogen and oxygen atoms in total. The van der Waals surface area contributed by atoms with Gasteiger partial charge in [-0.3, -0.25) is 4.79 Å². The van der Waals surface area contributed by atoms with Gasteiger partial charge < -0.3 is 15.4 Å². The van der Waals surface area contributed by atoms with Crippen LogP contribution in [0.4, 0.5) is 10.5 Å². The first-order chi connectivity index (χ1) is 11.8. The van der Waals surface area contributed by atoms with Crippen LogP contribution < -0.4 is 10.6 Å². The van der Waals surface area contributed by atoms with Gasteiger partial charge in [-0.2, -0.15) is 0 Å². The molecule has 2 aromatic rings. The molecule has 0 aromatic heterocycles. The summed E-state index contributed by atoms with van der Waals surface area (Å²) in [5.74, 6) is -0.322. The Hall–Kier alpha value is -2.82. The van der Waals surface area contributed by atoms with Crippen LogP contribution in [0.1, 0.15) is 26.3 Å². The molecule has 1 radical (unpaired) electrons. The van der Waals surface area contributed by atoms with Crippen LogP contribution in [-0.4, -0.2) is 23.6 Å². The summed E-state index contributed by atoms with van der Waals surface area (Å²) in [5.41, 5.74) is 0.859. The molecule has 2 N–H and O–H groups in total. The maximum atomic E-state index is 12.6. The maximum Gasteiger partial charge on any atom is 0.408 e. The third-order valence-electron chi connectivity index (χ3n) is 3.26. The number of nitrogens with one attached hydrogen (secondary N) is 2. The lowest BCUT2D eigenvalue weighted by Crippen LogP contribution is -2.47. The van der Waals surface area contributed by atoms with Crippen LogP contribution in [0.3, 0.4) is 0 Å². The summed E-state index contributed by atoms with van der Waals surface area (Å²) in [7, 11) is 0. The van der Waals surface area contributed by atoms with Crippen molar-refractivity contribution in [3.8, 4) is 0 Å². The summed E-state index contributed by atoms with van der Waals surface area (Å²) in [6, 6.07) is 18.8. The van der Waals surface area contributed by atoms with Crippen molar-refractivity contribution >= 4 is 17.7 Å². The Balaban J connectivity index is 2.10. The van der Waals surface area contributed by atoms with E-state index in [0.29, 0.717) is 12.1 Å². The summed E-state index contributed by atoms with van der Waals surface area (Å²) in [5, 5.41) is 5.42. The molecule has 0 bridgehead atoms. The lowest BCUT2D eigenvalue weighted by atomic mass is 10.1. The average Bonchev–Trinajstić information content (AvgIpc) is 2.54. The molecule has 0 saturated carbocycles. The second-order valence-electron chi connectivity index (χ2n) is 6.65. The lowest BCUT2D eigenvalue weighted by Gasteiger charge is -2.23. The predicted octanol–water partition coefficient (Wildman–Crippen LogP) is 3.56. The quantitative estimate of drug-likeness (QED) is 0.875. The number of hydrogen-bond acceptors (Lipinski definition) is 3. The monoisotopic (exact) mass is 339 g/mol. The number of amides is 2. The number of anilines is 1. The number of hydrogen-bond donors (Lipinski definition) is 2. The van der Waals surface area contributed by atoms with Crippen LogP contribution in [0.2, 0.25) is 0 Å². The molecule has 0 fully saturated rings. The maximum absolute atomic E-state index is 12.6. The molecule has 5 heteroatoms.